The first-order chi connectivity index (χ1) is 13.0. The van der Waals surface area contributed by atoms with Gasteiger partial charge in [-0.3, -0.25) is 4.79 Å². The van der Waals surface area contributed by atoms with Gasteiger partial charge in [-0.05, 0) is 30.3 Å². The lowest BCUT2D eigenvalue weighted by molar-refractivity contribution is -0.134. The van der Waals surface area contributed by atoms with Crippen molar-refractivity contribution in [2.45, 2.75) is 0 Å². The van der Waals surface area contributed by atoms with Crippen LogP contribution in [-0.2, 0) is 9.53 Å². The van der Waals surface area contributed by atoms with Gasteiger partial charge in [-0.2, -0.15) is 0 Å². The van der Waals surface area contributed by atoms with Crippen molar-refractivity contribution in [2.75, 3.05) is 37.7 Å². The molecule has 1 aliphatic heterocycles. The highest BCUT2D eigenvalue weighted by molar-refractivity contribution is 6.33. The predicted octanol–water partition coefficient (Wildman–Crippen LogP) is 3.64. The van der Waals surface area contributed by atoms with E-state index in [2.05, 4.69) is 4.90 Å². The fourth-order valence-electron chi connectivity index (χ4n) is 2.86. The second kappa shape index (κ2) is 8.59. The number of hydrogen-bond acceptors (Lipinski definition) is 4. The predicted molar refractivity (Wildman–Crippen MR) is 102 cm³/mol. The lowest BCUT2D eigenvalue weighted by atomic mass is 10.2. The summed E-state index contributed by atoms with van der Waals surface area (Å²) in [6.45, 7) is 1.77. The minimum atomic E-state index is -0.896. The smallest absolute Gasteiger partial charge is 0.341 e. The van der Waals surface area contributed by atoms with E-state index in [0.717, 1.165) is 11.8 Å². The van der Waals surface area contributed by atoms with E-state index >= 15 is 0 Å². The number of halogens is 3. The second-order valence-corrected chi connectivity index (χ2v) is 6.86. The average molecular weight is 411 g/mol. The molecular weight excluding hydrogens is 394 g/mol. The molecule has 1 fully saturated rings. The molecule has 3 rings (SSSR count). The van der Waals surface area contributed by atoms with Crippen molar-refractivity contribution in [1.29, 1.82) is 0 Å². The average Bonchev–Trinajstić information content (AvgIpc) is 2.66. The Bertz CT molecular complexity index is 855. The van der Waals surface area contributed by atoms with Gasteiger partial charge >= 0.3 is 5.97 Å². The maximum atomic E-state index is 13.7. The van der Waals surface area contributed by atoms with Gasteiger partial charge in [0.25, 0.3) is 5.91 Å². The van der Waals surface area contributed by atoms with E-state index in [1.165, 1.54) is 12.1 Å². The van der Waals surface area contributed by atoms with E-state index in [0.29, 0.717) is 31.2 Å². The first-order valence-electron chi connectivity index (χ1n) is 8.35. The zero-order valence-corrected chi connectivity index (χ0v) is 15.8. The van der Waals surface area contributed by atoms with Gasteiger partial charge in [0, 0.05) is 31.2 Å². The lowest BCUT2D eigenvalue weighted by Gasteiger charge is -2.36. The molecule has 0 bridgehead atoms. The fourth-order valence-corrected chi connectivity index (χ4v) is 3.27. The Morgan fingerprint density at radius 3 is 2.41 bits per heavy atom. The molecule has 1 heterocycles. The molecule has 0 radical (unpaired) electrons. The van der Waals surface area contributed by atoms with Crippen LogP contribution in [-0.4, -0.2) is 49.6 Å². The van der Waals surface area contributed by atoms with Crippen molar-refractivity contribution in [1.82, 2.24) is 4.90 Å². The number of hydrogen-bond donors (Lipinski definition) is 0. The number of ether oxygens (including phenoxy) is 1. The first-order valence-corrected chi connectivity index (χ1v) is 9.10. The Hall–Kier alpha value is -2.31. The number of amides is 1. The van der Waals surface area contributed by atoms with Crippen molar-refractivity contribution >= 4 is 40.8 Å². The number of anilines is 1. The molecule has 0 unspecified atom stereocenters. The summed E-state index contributed by atoms with van der Waals surface area (Å²) in [6, 6.07) is 11.2. The van der Waals surface area contributed by atoms with Crippen LogP contribution in [0, 0.1) is 5.82 Å². The van der Waals surface area contributed by atoms with Crippen LogP contribution in [0.1, 0.15) is 10.4 Å². The van der Waals surface area contributed by atoms with Gasteiger partial charge in [0.05, 0.1) is 16.3 Å². The van der Waals surface area contributed by atoms with Crippen molar-refractivity contribution in [3.8, 4) is 0 Å². The Morgan fingerprint density at radius 2 is 1.74 bits per heavy atom. The van der Waals surface area contributed by atoms with Gasteiger partial charge < -0.3 is 14.5 Å². The monoisotopic (exact) mass is 410 g/mol. The summed E-state index contributed by atoms with van der Waals surface area (Å²) >= 11 is 11.9. The third-order valence-electron chi connectivity index (χ3n) is 4.30. The highest BCUT2D eigenvalue weighted by atomic mass is 35.5. The number of nitrogens with zero attached hydrogens (tertiary/aromatic N) is 2. The van der Waals surface area contributed by atoms with Crippen LogP contribution in [0.5, 0.6) is 0 Å². The van der Waals surface area contributed by atoms with Crippen LogP contribution in [0.3, 0.4) is 0 Å². The van der Waals surface area contributed by atoms with Crippen LogP contribution >= 0.6 is 23.2 Å². The van der Waals surface area contributed by atoms with Crippen molar-refractivity contribution in [3.63, 3.8) is 0 Å². The van der Waals surface area contributed by atoms with Crippen LogP contribution in [0.2, 0.25) is 10.0 Å². The highest BCUT2D eigenvalue weighted by Gasteiger charge is 2.23. The minimum Gasteiger partial charge on any atom is -0.452 e. The number of esters is 1. The first kappa shape index (κ1) is 19.5. The maximum Gasteiger partial charge on any atom is 0.341 e. The van der Waals surface area contributed by atoms with Gasteiger partial charge in [0.1, 0.15) is 5.82 Å². The summed E-state index contributed by atoms with van der Waals surface area (Å²) in [5.74, 6) is -2.00. The molecule has 1 amide bonds. The number of para-hydroxylation sites is 1. The molecule has 27 heavy (non-hydrogen) atoms. The Labute approximate surface area is 166 Å². The molecule has 1 saturated heterocycles. The molecule has 0 saturated carbocycles. The Morgan fingerprint density at radius 1 is 1.04 bits per heavy atom. The van der Waals surface area contributed by atoms with Crippen LogP contribution in [0.4, 0.5) is 10.1 Å². The van der Waals surface area contributed by atoms with E-state index in [1.54, 1.807) is 4.90 Å². The lowest BCUT2D eigenvalue weighted by Crippen LogP contribution is -2.50. The normalized spacial score (nSPS) is 14.2. The SMILES string of the molecule is O=C(OCC(=O)N1CCN(c2ccccc2Cl)CC1)c1ccc(Cl)cc1F. The topological polar surface area (TPSA) is 49.9 Å². The molecule has 142 valence electrons. The zero-order valence-electron chi connectivity index (χ0n) is 14.3. The molecular formula is C19H17Cl2FN2O3. The molecule has 5 nitrogen and oxygen atoms in total. The fraction of sp³-hybridized carbons (Fsp3) is 0.263. The summed E-state index contributed by atoms with van der Waals surface area (Å²) in [6.07, 6.45) is 0. The summed E-state index contributed by atoms with van der Waals surface area (Å²) in [5.41, 5.74) is 0.673. The molecule has 0 atom stereocenters. The Kier molecular flexibility index (Phi) is 6.19. The van der Waals surface area contributed by atoms with Gasteiger partial charge in [0.15, 0.2) is 6.61 Å². The van der Waals surface area contributed by atoms with Crippen LogP contribution in [0.15, 0.2) is 42.5 Å². The minimum absolute atomic E-state index is 0.177. The van der Waals surface area contributed by atoms with E-state index in [9.17, 15) is 14.0 Å². The summed E-state index contributed by atoms with van der Waals surface area (Å²) in [4.78, 5) is 27.9. The molecule has 0 N–H and O–H groups in total. The van der Waals surface area contributed by atoms with Crippen molar-refractivity contribution in [3.05, 3.63) is 63.9 Å². The number of carbonyl (C=O) groups is 2. The quantitative estimate of drug-likeness (QED) is 0.721. The Balaban J connectivity index is 1.51. The molecule has 0 aliphatic carbocycles. The zero-order chi connectivity index (χ0) is 19.4. The standard InChI is InChI=1S/C19H17Cl2FN2O3/c20-13-5-6-14(16(22)11-13)19(26)27-12-18(25)24-9-7-23(8-10-24)17-4-2-1-3-15(17)21/h1-6,11H,7-10,12H2. The van der Waals surface area contributed by atoms with E-state index in [-0.39, 0.29) is 16.5 Å². The summed E-state index contributed by atoms with van der Waals surface area (Å²) in [7, 11) is 0. The molecule has 1 aliphatic rings. The van der Waals surface area contributed by atoms with Crippen molar-refractivity contribution in [2.24, 2.45) is 0 Å². The molecule has 0 spiro atoms. The van der Waals surface area contributed by atoms with Crippen molar-refractivity contribution < 1.29 is 18.7 Å². The molecule has 8 heteroatoms. The third kappa shape index (κ3) is 4.70. The molecule has 2 aromatic carbocycles. The summed E-state index contributed by atoms with van der Waals surface area (Å²) < 4.78 is 18.7. The largest absolute Gasteiger partial charge is 0.452 e. The molecule has 2 aromatic rings. The van der Waals surface area contributed by atoms with Gasteiger partial charge in [-0.1, -0.05) is 35.3 Å². The molecule has 0 aromatic heterocycles. The van der Waals surface area contributed by atoms with E-state index < -0.39 is 18.4 Å². The van der Waals surface area contributed by atoms with Crippen LogP contribution in [0.25, 0.3) is 0 Å². The van der Waals surface area contributed by atoms with Gasteiger partial charge in [-0.25, -0.2) is 9.18 Å². The number of benzene rings is 2. The number of piperazine rings is 1. The summed E-state index contributed by atoms with van der Waals surface area (Å²) in [5, 5.41) is 0.840. The van der Waals surface area contributed by atoms with E-state index in [4.69, 9.17) is 27.9 Å². The van der Waals surface area contributed by atoms with Gasteiger partial charge in [-0.15, -0.1) is 0 Å². The maximum absolute atomic E-state index is 13.7. The number of carbonyl (C=O) groups excluding carboxylic acids is 2. The third-order valence-corrected chi connectivity index (χ3v) is 4.86. The number of rotatable bonds is 4. The van der Waals surface area contributed by atoms with Gasteiger partial charge in [0.2, 0.25) is 0 Å². The van der Waals surface area contributed by atoms with E-state index in [1.807, 2.05) is 24.3 Å². The van der Waals surface area contributed by atoms with Crippen LogP contribution < -0.4 is 4.90 Å². The second-order valence-electron chi connectivity index (χ2n) is 6.02. The highest BCUT2D eigenvalue weighted by Crippen LogP contribution is 2.26.